The molecule has 1 fully saturated rings. The zero-order valence-electron chi connectivity index (χ0n) is 17.0. The minimum absolute atomic E-state index is 0. The number of guanidine groups is 1. The highest BCUT2D eigenvalue weighted by atomic mass is 127. The molecule has 1 atom stereocenters. The summed E-state index contributed by atoms with van der Waals surface area (Å²) in [6.45, 7) is 9.34. The average molecular weight is 508 g/mol. The molecule has 6 nitrogen and oxygen atoms in total. The molecule has 2 N–H and O–H groups in total. The molecule has 1 aliphatic rings. The second-order valence-corrected chi connectivity index (χ2v) is 8.16. The number of aliphatic imine (C=N–C) groups is 1. The number of nitrogens with zero attached hydrogens (tertiary/aromatic N) is 2. The Kier molecular flexibility index (Phi) is 10.6. The fraction of sp³-hybridized carbons (Fsp3) is 0.737. The van der Waals surface area contributed by atoms with E-state index in [1.807, 2.05) is 20.8 Å². The quantitative estimate of drug-likeness (QED) is 0.260. The van der Waals surface area contributed by atoms with E-state index in [1.165, 1.54) is 37.0 Å². The summed E-state index contributed by atoms with van der Waals surface area (Å²) in [5.41, 5.74) is 0.719. The van der Waals surface area contributed by atoms with Crippen molar-refractivity contribution in [1.82, 2.24) is 15.6 Å². The van der Waals surface area contributed by atoms with Crippen molar-refractivity contribution in [3.8, 4) is 0 Å². The standard InChI is InChI=1S/C19H32N4O2S.HI/c1-6-25-18(24)16-13(3)22-17(26-16)14(4)23-19(20-5)21-11-15-9-7-12(2)8-10-15;/h12,14-15H,6-11H2,1-5H3,(H2,20,21,23);1H. The molecule has 0 amide bonds. The number of ether oxygens (including phenoxy) is 1. The molecule has 0 aromatic carbocycles. The van der Waals surface area contributed by atoms with Crippen molar-refractivity contribution in [1.29, 1.82) is 0 Å². The van der Waals surface area contributed by atoms with Crippen LogP contribution in [0.4, 0.5) is 0 Å². The molecule has 1 heterocycles. The molecule has 1 unspecified atom stereocenters. The van der Waals surface area contributed by atoms with Crippen LogP contribution in [0.25, 0.3) is 0 Å². The van der Waals surface area contributed by atoms with Crippen molar-refractivity contribution in [3.63, 3.8) is 0 Å². The van der Waals surface area contributed by atoms with E-state index in [1.54, 1.807) is 7.05 Å². The molecule has 1 aromatic rings. The third kappa shape index (κ3) is 7.21. The van der Waals surface area contributed by atoms with E-state index in [-0.39, 0.29) is 36.0 Å². The summed E-state index contributed by atoms with van der Waals surface area (Å²) in [5.74, 6) is 2.07. The lowest BCUT2D eigenvalue weighted by atomic mass is 9.83. The molecule has 0 aliphatic heterocycles. The predicted molar refractivity (Wildman–Crippen MR) is 122 cm³/mol. The van der Waals surface area contributed by atoms with Gasteiger partial charge in [-0.25, -0.2) is 9.78 Å². The van der Waals surface area contributed by atoms with Crippen LogP contribution in [0.2, 0.25) is 0 Å². The number of hydrogen-bond acceptors (Lipinski definition) is 5. The van der Waals surface area contributed by atoms with Crippen LogP contribution in [-0.4, -0.2) is 37.1 Å². The summed E-state index contributed by atoms with van der Waals surface area (Å²) in [7, 11) is 1.78. The maximum atomic E-state index is 12.0. The molecule has 0 saturated heterocycles. The van der Waals surface area contributed by atoms with Crippen LogP contribution in [0.1, 0.15) is 72.9 Å². The molecular formula is C19H33IN4O2S. The maximum absolute atomic E-state index is 12.0. The van der Waals surface area contributed by atoms with Gasteiger partial charge in [0.2, 0.25) is 0 Å². The monoisotopic (exact) mass is 508 g/mol. The smallest absolute Gasteiger partial charge is 0.350 e. The number of nitrogens with one attached hydrogen (secondary N) is 2. The first kappa shape index (κ1) is 24.1. The van der Waals surface area contributed by atoms with Crippen molar-refractivity contribution in [2.75, 3.05) is 20.2 Å². The SMILES string of the molecule is CCOC(=O)c1sc(C(C)NC(=NC)NCC2CCC(C)CC2)nc1C.I. The number of hydrogen-bond donors (Lipinski definition) is 2. The Balaban J connectivity index is 0.00000364. The fourth-order valence-corrected chi connectivity index (χ4v) is 4.19. The second kappa shape index (κ2) is 11.8. The van der Waals surface area contributed by atoms with Gasteiger partial charge in [-0.15, -0.1) is 35.3 Å². The van der Waals surface area contributed by atoms with Gasteiger partial charge in [-0.2, -0.15) is 0 Å². The van der Waals surface area contributed by atoms with Crippen molar-refractivity contribution >= 4 is 47.2 Å². The summed E-state index contributed by atoms with van der Waals surface area (Å²) in [6, 6.07) is -0.0283. The molecule has 2 rings (SSSR count). The van der Waals surface area contributed by atoms with Crippen LogP contribution in [0, 0.1) is 18.8 Å². The largest absolute Gasteiger partial charge is 0.462 e. The minimum Gasteiger partial charge on any atom is -0.462 e. The lowest BCUT2D eigenvalue weighted by Crippen LogP contribution is -2.41. The van der Waals surface area contributed by atoms with E-state index >= 15 is 0 Å². The van der Waals surface area contributed by atoms with Gasteiger partial charge in [-0.1, -0.05) is 19.8 Å². The van der Waals surface area contributed by atoms with Crippen LogP contribution in [0.5, 0.6) is 0 Å². The molecule has 1 aromatic heterocycles. The lowest BCUT2D eigenvalue weighted by Gasteiger charge is -2.27. The van der Waals surface area contributed by atoms with Gasteiger partial charge in [0.15, 0.2) is 5.96 Å². The van der Waals surface area contributed by atoms with Crippen molar-refractivity contribution in [2.45, 2.75) is 59.4 Å². The number of halogens is 1. The van der Waals surface area contributed by atoms with E-state index in [0.29, 0.717) is 11.5 Å². The molecular weight excluding hydrogens is 475 g/mol. The first-order chi connectivity index (χ1) is 12.4. The van der Waals surface area contributed by atoms with E-state index < -0.39 is 0 Å². The van der Waals surface area contributed by atoms with E-state index in [0.717, 1.165) is 35.0 Å². The minimum atomic E-state index is -0.296. The average Bonchev–Trinajstić information content (AvgIpc) is 3.02. The van der Waals surface area contributed by atoms with E-state index in [2.05, 4.69) is 27.5 Å². The van der Waals surface area contributed by atoms with Gasteiger partial charge in [0, 0.05) is 13.6 Å². The summed E-state index contributed by atoms with van der Waals surface area (Å²) >= 11 is 1.38. The molecule has 27 heavy (non-hydrogen) atoms. The maximum Gasteiger partial charge on any atom is 0.350 e. The van der Waals surface area contributed by atoms with E-state index in [4.69, 9.17) is 4.74 Å². The molecule has 8 heteroatoms. The predicted octanol–water partition coefficient (Wildman–Crippen LogP) is 4.30. The van der Waals surface area contributed by atoms with Crippen molar-refractivity contribution < 1.29 is 9.53 Å². The molecule has 154 valence electrons. The Bertz CT molecular complexity index is 627. The Morgan fingerprint density at radius 3 is 2.63 bits per heavy atom. The van der Waals surface area contributed by atoms with Crippen LogP contribution in [0.3, 0.4) is 0 Å². The first-order valence-corrected chi connectivity index (χ1v) is 10.4. The highest BCUT2D eigenvalue weighted by Crippen LogP contribution is 2.28. The van der Waals surface area contributed by atoms with Gasteiger partial charge in [0.1, 0.15) is 9.88 Å². The summed E-state index contributed by atoms with van der Waals surface area (Å²) < 4.78 is 5.09. The molecule has 0 spiro atoms. The van der Waals surface area contributed by atoms with Crippen LogP contribution in [-0.2, 0) is 4.74 Å². The molecule has 0 bridgehead atoms. The molecule has 0 radical (unpaired) electrons. The summed E-state index contributed by atoms with van der Waals surface area (Å²) in [5, 5.41) is 7.68. The zero-order valence-corrected chi connectivity index (χ0v) is 20.1. The Hall–Kier alpha value is -0.900. The van der Waals surface area contributed by atoms with Gasteiger partial charge in [0.25, 0.3) is 0 Å². The third-order valence-corrected chi connectivity index (χ3v) is 6.24. The molecule has 1 saturated carbocycles. The van der Waals surface area contributed by atoms with Gasteiger partial charge in [-0.3, -0.25) is 4.99 Å². The first-order valence-electron chi connectivity index (χ1n) is 9.56. The van der Waals surface area contributed by atoms with Crippen LogP contribution in [0.15, 0.2) is 4.99 Å². The third-order valence-electron chi connectivity index (χ3n) is 4.91. The number of rotatable bonds is 6. The van der Waals surface area contributed by atoms with Gasteiger partial charge in [-0.05, 0) is 45.4 Å². The van der Waals surface area contributed by atoms with Gasteiger partial charge >= 0.3 is 5.97 Å². The Labute approximate surface area is 184 Å². The van der Waals surface area contributed by atoms with Crippen molar-refractivity contribution in [3.05, 3.63) is 15.6 Å². The lowest BCUT2D eigenvalue weighted by molar-refractivity contribution is 0.0531. The molecule has 1 aliphatic carbocycles. The Morgan fingerprint density at radius 1 is 1.37 bits per heavy atom. The summed E-state index contributed by atoms with van der Waals surface area (Å²) in [6.07, 6.45) is 5.22. The van der Waals surface area contributed by atoms with Gasteiger partial charge < -0.3 is 15.4 Å². The zero-order chi connectivity index (χ0) is 19.1. The number of aromatic nitrogens is 1. The Morgan fingerprint density at radius 2 is 2.04 bits per heavy atom. The van der Waals surface area contributed by atoms with Crippen LogP contribution >= 0.6 is 35.3 Å². The van der Waals surface area contributed by atoms with Crippen LogP contribution < -0.4 is 10.6 Å². The number of thiazole rings is 1. The number of aryl methyl sites for hydroxylation is 1. The highest BCUT2D eigenvalue weighted by molar-refractivity contribution is 14.0. The normalized spacial score (nSPS) is 21.1. The number of esters is 1. The van der Waals surface area contributed by atoms with Crippen molar-refractivity contribution in [2.24, 2.45) is 16.8 Å². The topological polar surface area (TPSA) is 75.6 Å². The van der Waals surface area contributed by atoms with E-state index in [9.17, 15) is 4.79 Å². The van der Waals surface area contributed by atoms with Gasteiger partial charge in [0.05, 0.1) is 18.3 Å². The summed E-state index contributed by atoms with van der Waals surface area (Å²) in [4.78, 5) is 21.4. The fourth-order valence-electron chi connectivity index (χ4n) is 3.22. The number of carbonyl (C=O) groups is 1. The number of carbonyl (C=O) groups excluding carboxylic acids is 1. The highest BCUT2D eigenvalue weighted by Gasteiger charge is 2.21. The second-order valence-electron chi connectivity index (χ2n) is 7.13.